The minimum Gasteiger partial charge on any atom is -0.307 e. The fourth-order valence-electron chi connectivity index (χ4n) is 2.26. The van der Waals surface area contributed by atoms with E-state index in [0.717, 1.165) is 25.9 Å². The summed E-state index contributed by atoms with van der Waals surface area (Å²) in [4.78, 5) is 19.5. The largest absolute Gasteiger partial charge is 0.307 e. The first kappa shape index (κ1) is 14.2. The molecular weight excluding hydrogens is 332 g/mol. The number of aromatic nitrogens is 3. The van der Waals surface area contributed by atoms with Gasteiger partial charge in [-0.05, 0) is 18.2 Å². The van der Waals surface area contributed by atoms with Crippen molar-refractivity contribution < 1.29 is 4.92 Å². The van der Waals surface area contributed by atoms with Crippen LogP contribution in [0.4, 0.5) is 5.69 Å². The van der Waals surface area contributed by atoms with Crippen molar-refractivity contribution >= 4 is 44.6 Å². The normalized spacial score (nSPS) is 11.3. The lowest BCUT2D eigenvalue weighted by molar-refractivity contribution is -0.384. The van der Waals surface area contributed by atoms with Crippen molar-refractivity contribution in [2.45, 2.75) is 10.1 Å². The van der Waals surface area contributed by atoms with Crippen molar-refractivity contribution in [2.24, 2.45) is 0 Å². The number of thiazole rings is 1. The van der Waals surface area contributed by atoms with Crippen LogP contribution in [0.25, 0.3) is 15.9 Å². The second-order valence-corrected chi connectivity index (χ2v) is 7.13. The third kappa shape index (κ3) is 2.78. The van der Waals surface area contributed by atoms with E-state index >= 15 is 0 Å². The van der Waals surface area contributed by atoms with E-state index < -0.39 is 0 Å². The van der Waals surface area contributed by atoms with Crippen molar-refractivity contribution in [1.82, 2.24) is 14.4 Å². The molecule has 0 radical (unpaired) electrons. The fraction of sp³-hybridized carbons (Fsp3) is 0.0667. The Morgan fingerprint density at radius 1 is 1.26 bits per heavy atom. The van der Waals surface area contributed by atoms with Gasteiger partial charge in [0.25, 0.3) is 5.69 Å². The number of nitro benzene ring substituents is 1. The van der Waals surface area contributed by atoms with Gasteiger partial charge >= 0.3 is 0 Å². The van der Waals surface area contributed by atoms with Gasteiger partial charge in [0, 0.05) is 30.3 Å². The molecule has 0 saturated heterocycles. The first-order chi connectivity index (χ1) is 11.2. The molecule has 6 nitrogen and oxygen atoms in total. The maximum Gasteiger partial charge on any atom is 0.270 e. The van der Waals surface area contributed by atoms with Crippen LogP contribution in [0.2, 0.25) is 0 Å². The predicted molar refractivity (Wildman–Crippen MR) is 91.0 cm³/mol. The first-order valence-electron chi connectivity index (χ1n) is 6.79. The standard InChI is InChI=1S/C15H10N4O2S2/c20-19(21)11-4-5-12-13(7-11)23-15(17-12)22-9-10-8-18-6-2-1-3-14(18)16-10/h1-8H,9H2. The monoisotopic (exact) mass is 342 g/mol. The molecule has 1 aromatic carbocycles. The Balaban J connectivity index is 1.56. The molecule has 0 aliphatic heterocycles. The predicted octanol–water partition coefficient (Wildman–Crippen LogP) is 4.14. The number of thioether (sulfide) groups is 1. The fourth-order valence-corrected chi connectivity index (χ4v) is 4.25. The maximum atomic E-state index is 10.8. The van der Waals surface area contributed by atoms with E-state index in [9.17, 15) is 10.1 Å². The van der Waals surface area contributed by atoms with E-state index in [1.54, 1.807) is 23.9 Å². The molecule has 0 fully saturated rings. The molecule has 0 N–H and O–H groups in total. The number of nitro groups is 1. The summed E-state index contributed by atoms with van der Waals surface area (Å²) in [6.07, 6.45) is 3.97. The van der Waals surface area contributed by atoms with Gasteiger partial charge in [-0.25, -0.2) is 9.97 Å². The molecule has 0 saturated carbocycles. The molecule has 0 bridgehead atoms. The van der Waals surface area contributed by atoms with Crippen LogP contribution in [0, 0.1) is 10.1 Å². The average molecular weight is 342 g/mol. The summed E-state index contributed by atoms with van der Waals surface area (Å²) in [7, 11) is 0. The highest BCUT2D eigenvalue weighted by Gasteiger charge is 2.11. The number of benzene rings is 1. The molecule has 4 aromatic rings. The zero-order valence-corrected chi connectivity index (χ0v) is 13.4. The molecule has 0 spiro atoms. The molecule has 0 unspecified atom stereocenters. The van der Waals surface area contributed by atoms with E-state index in [-0.39, 0.29) is 10.6 Å². The number of fused-ring (bicyclic) bond motifs is 2. The molecule has 4 rings (SSSR count). The SMILES string of the molecule is O=[N+]([O-])c1ccc2nc(SCc3cn4ccccc4n3)sc2c1. The summed E-state index contributed by atoms with van der Waals surface area (Å²) in [6.45, 7) is 0. The maximum absolute atomic E-state index is 10.8. The second kappa shape index (κ2) is 5.64. The van der Waals surface area contributed by atoms with Gasteiger partial charge in [0.2, 0.25) is 0 Å². The van der Waals surface area contributed by atoms with Crippen molar-refractivity contribution in [3.63, 3.8) is 0 Å². The highest BCUT2D eigenvalue weighted by Crippen LogP contribution is 2.33. The lowest BCUT2D eigenvalue weighted by atomic mass is 10.3. The van der Waals surface area contributed by atoms with Crippen LogP contribution >= 0.6 is 23.1 Å². The highest BCUT2D eigenvalue weighted by atomic mass is 32.2. The topological polar surface area (TPSA) is 73.3 Å². The summed E-state index contributed by atoms with van der Waals surface area (Å²) < 4.78 is 3.70. The lowest BCUT2D eigenvalue weighted by Crippen LogP contribution is -1.85. The van der Waals surface area contributed by atoms with Crippen LogP contribution in [0.15, 0.2) is 53.1 Å². The van der Waals surface area contributed by atoms with Gasteiger partial charge < -0.3 is 4.40 Å². The van der Waals surface area contributed by atoms with Crippen molar-refractivity contribution in [2.75, 3.05) is 0 Å². The van der Waals surface area contributed by atoms with E-state index in [4.69, 9.17) is 0 Å². The number of imidazole rings is 1. The lowest BCUT2D eigenvalue weighted by Gasteiger charge is -1.91. The van der Waals surface area contributed by atoms with Crippen molar-refractivity contribution in [1.29, 1.82) is 0 Å². The average Bonchev–Trinajstić information content (AvgIpc) is 3.14. The molecule has 23 heavy (non-hydrogen) atoms. The van der Waals surface area contributed by atoms with Crippen LogP contribution in [0.5, 0.6) is 0 Å². The number of rotatable bonds is 4. The third-order valence-corrected chi connectivity index (χ3v) is 5.52. The zero-order chi connectivity index (χ0) is 15.8. The van der Waals surface area contributed by atoms with Crippen LogP contribution in [-0.2, 0) is 5.75 Å². The summed E-state index contributed by atoms with van der Waals surface area (Å²) >= 11 is 3.06. The minimum absolute atomic E-state index is 0.0954. The van der Waals surface area contributed by atoms with E-state index in [2.05, 4.69) is 9.97 Å². The summed E-state index contributed by atoms with van der Waals surface area (Å²) in [5.74, 6) is 0.712. The molecule has 0 aliphatic carbocycles. The highest BCUT2D eigenvalue weighted by molar-refractivity contribution is 8.00. The van der Waals surface area contributed by atoms with Crippen molar-refractivity contribution in [3.05, 3.63) is 64.6 Å². The second-order valence-electron chi connectivity index (χ2n) is 4.88. The van der Waals surface area contributed by atoms with Gasteiger partial charge in [0.1, 0.15) is 5.65 Å². The number of hydrogen-bond acceptors (Lipinski definition) is 6. The van der Waals surface area contributed by atoms with Gasteiger partial charge in [-0.2, -0.15) is 0 Å². The van der Waals surface area contributed by atoms with Crippen LogP contribution in [0.1, 0.15) is 5.69 Å². The molecule has 0 aliphatic rings. The number of pyridine rings is 1. The Morgan fingerprint density at radius 2 is 2.17 bits per heavy atom. The first-order valence-corrected chi connectivity index (χ1v) is 8.60. The quantitative estimate of drug-likeness (QED) is 0.316. The molecule has 0 atom stereocenters. The van der Waals surface area contributed by atoms with E-state index in [1.165, 1.54) is 17.4 Å². The minimum atomic E-state index is -0.386. The van der Waals surface area contributed by atoms with Gasteiger partial charge in [-0.1, -0.05) is 17.8 Å². The van der Waals surface area contributed by atoms with Crippen LogP contribution < -0.4 is 0 Å². The molecule has 3 aromatic heterocycles. The van der Waals surface area contributed by atoms with Crippen LogP contribution in [0.3, 0.4) is 0 Å². The molecule has 0 amide bonds. The van der Waals surface area contributed by atoms with Gasteiger partial charge in [0.15, 0.2) is 4.34 Å². The Labute approximate surface area is 139 Å². The number of nitrogens with zero attached hydrogens (tertiary/aromatic N) is 4. The Morgan fingerprint density at radius 3 is 3.00 bits per heavy atom. The third-order valence-electron chi connectivity index (χ3n) is 3.32. The van der Waals surface area contributed by atoms with Crippen molar-refractivity contribution in [3.8, 4) is 0 Å². The number of hydrogen-bond donors (Lipinski definition) is 0. The number of non-ortho nitro benzene ring substituents is 1. The molecule has 114 valence electrons. The molecule has 3 heterocycles. The molecular formula is C15H10N4O2S2. The van der Waals surface area contributed by atoms with Gasteiger partial charge in [-0.15, -0.1) is 11.3 Å². The van der Waals surface area contributed by atoms with Gasteiger partial charge in [-0.3, -0.25) is 10.1 Å². The Bertz CT molecular complexity index is 992. The summed E-state index contributed by atoms with van der Waals surface area (Å²) in [6, 6.07) is 10.6. The van der Waals surface area contributed by atoms with E-state index in [0.29, 0.717) is 5.75 Å². The Hall–Kier alpha value is -2.45. The zero-order valence-electron chi connectivity index (χ0n) is 11.7. The van der Waals surface area contributed by atoms with E-state index in [1.807, 2.05) is 35.0 Å². The summed E-state index contributed by atoms with van der Waals surface area (Å²) in [5, 5.41) is 10.8. The van der Waals surface area contributed by atoms with Gasteiger partial charge in [0.05, 0.1) is 20.8 Å². The molecule has 8 heteroatoms. The summed E-state index contributed by atoms with van der Waals surface area (Å²) in [5.41, 5.74) is 2.78. The smallest absolute Gasteiger partial charge is 0.270 e. The van der Waals surface area contributed by atoms with Crippen LogP contribution in [-0.4, -0.2) is 19.3 Å². The Kier molecular flexibility index (Phi) is 3.47.